The molecule has 3 N–H and O–H groups in total. The van der Waals surface area contributed by atoms with Gasteiger partial charge in [0.1, 0.15) is 0 Å². The lowest BCUT2D eigenvalue weighted by Crippen LogP contribution is -2.40. The van der Waals surface area contributed by atoms with Crippen LogP contribution in [-0.2, 0) is 0 Å². The minimum atomic E-state index is 0.449. The van der Waals surface area contributed by atoms with Crippen LogP contribution in [0.3, 0.4) is 0 Å². The lowest BCUT2D eigenvalue weighted by Gasteiger charge is -2.26. The van der Waals surface area contributed by atoms with Gasteiger partial charge in [-0.25, -0.2) is 0 Å². The van der Waals surface area contributed by atoms with Crippen molar-refractivity contribution in [3.63, 3.8) is 0 Å². The normalized spacial score (nSPS) is 31.4. The highest BCUT2D eigenvalue weighted by atomic mass is 32.1. The molecular formula is C8H16N2S. The van der Waals surface area contributed by atoms with Crippen molar-refractivity contribution < 1.29 is 0 Å². The van der Waals surface area contributed by atoms with E-state index in [0.29, 0.717) is 11.2 Å². The zero-order valence-corrected chi connectivity index (χ0v) is 7.79. The average Bonchev–Trinajstić information content (AvgIpc) is 1.93. The highest BCUT2D eigenvalue weighted by molar-refractivity contribution is 7.80. The molecule has 0 aliphatic heterocycles. The smallest absolute Gasteiger partial charge is 0.163 e. The number of rotatable bonds is 1. The van der Waals surface area contributed by atoms with Gasteiger partial charge in [0.15, 0.2) is 5.11 Å². The summed E-state index contributed by atoms with van der Waals surface area (Å²) >= 11 is 4.77. The Hall–Kier alpha value is -0.310. The highest BCUT2D eigenvalue weighted by Crippen LogP contribution is 2.23. The summed E-state index contributed by atoms with van der Waals surface area (Å²) in [7, 11) is 0. The van der Waals surface area contributed by atoms with E-state index >= 15 is 0 Å². The molecule has 0 saturated heterocycles. The summed E-state index contributed by atoms with van der Waals surface area (Å²) in [6, 6.07) is 0.545. The predicted molar refractivity (Wildman–Crippen MR) is 51.3 cm³/mol. The minimum absolute atomic E-state index is 0.449. The summed E-state index contributed by atoms with van der Waals surface area (Å²) in [5.41, 5.74) is 5.38. The van der Waals surface area contributed by atoms with Crippen LogP contribution in [0.2, 0.25) is 0 Å². The maximum Gasteiger partial charge on any atom is 0.163 e. The van der Waals surface area contributed by atoms with E-state index in [1.807, 2.05) is 0 Å². The minimum Gasteiger partial charge on any atom is -0.376 e. The van der Waals surface area contributed by atoms with Crippen molar-refractivity contribution in [3.8, 4) is 0 Å². The third-order valence-corrected chi connectivity index (χ3v) is 2.48. The van der Waals surface area contributed by atoms with Gasteiger partial charge in [0.05, 0.1) is 0 Å². The third-order valence-electron chi connectivity index (χ3n) is 2.36. The SMILES string of the molecule is CC1CCC(NC(N)=S)CC1. The van der Waals surface area contributed by atoms with E-state index in [1.54, 1.807) is 0 Å². The van der Waals surface area contributed by atoms with Crippen LogP contribution in [0.4, 0.5) is 0 Å². The Morgan fingerprint density at radius 2 is 1.91 bits per heavy atom. The van der Waals surface area contributed by atoms with E-state index in [1.165, 1.54) is 25.7 Å². The van der Waals surface area contributed by atoms with Crippen LogP contribution in [-0.4, -0.2) is 11.2 Å². The van der Waals surface area contributed by atoms with E-state index in [0.717, 1.165) is 5.92 Å². The number of hydrogen-bond donors (Lipinski definition) is 2. The first-order valence-corrected chi connectivity index (χ1v) is 4.65. The number of hydrogen-bond acceptors (Lipinski definition) is 1. The van der Waals surface area contributed by atoms with Gasteiger partial charge in [-0.05, 0) is 43.8 Å². The molecule has 0 atom stereocenters. The Balaban J connectivity index is 2.22. The summed E-state index contributed by atoms with van der Waals surface area (Å²) in [6.07, 6.45) is 5.05. The molecule has 0 bridgehead atoms. The standard InChI is InChI=1S/C8H16N2S/c1-6-2-4-7(5-3-6)10-8(9)11/h6-7H,2-5H2,1H3,(H3,9,10,11). The second kappa shape index (κ2) is 3.90. The second-order valence-corrected chi connectivity index (χ2v) is 3.91. The lowest BCUT2D eigenvalue weighted by molar-refractivity contribution is 0.331. The van der Waals surface area contributed by atoms with Gasteiger partial charge in [-0.15, -0.1) is 0 Å². The van der Waals surface area contributed by atoms with Gasteiger partial charge in [0.2, 0.25) is 0 Å². The van der Waals surface area contributed by atoms with Crippen LogP contribution >= 0.6 is 12.2 Å². The van der Waals surface area contributed by atoms with Crippen molar-refractivity contribution in [3.05, 3.63) is 0 Å². The Morgan fingerprint density at radius 3 is 2.36 bits per heavy atom. The van der Waals surface area contributed by atoms with Gasteiger partial charge < -0.3 is 11.1 Å². The molecule has 0 aromatic rings. The molecule has 3 heteroatoms. The van der Waals surface area contributed by atoms with Gasteiger partial charge in [-0.1, -0.05) is 6.92 Å². The molecule has 0 amide bonds. The molecule has 11 heavy (non-hydrogen) atoms. The fourth-order valence-electron chi connectivity index (χ4n) is 1.61. The maximum absolute atomic E-state index is 5.38. The molecule has 0 spiro atoms. The monoisotopic (exact) mass is 172 g/mol. The summed E-state index contributed by atoms with van der Waals surface area (Å²) in [5, 5.41) is 3.56. The molecule has 0 aromatic heterocycles. The van der Waals surface area contributed by atoms with Crippen molar-refractivity contribution in [1.29, 1.82) is 0 Å². The van der Waals surface area contributed by atoms with Crippen LogP contribution in [0.25, 0.3) is 0 Å². The van der Waals surface area contributed by atoms with Crippen molar-refractivity contribution in [2.24, 2.45) is 11.7 Å². The summed E-state index contributed by atoms with van der Waals surface area (Å²) < 4.78 is 0. The molecular weight excluding hydrogens is 156 g/mol. The van der Waals surface area contributed by atoms with Crippen LogP contribution in [0.5, 0.6) is 0 Å². The molecule has 0 heterocycles. The number of nitrogens with two attached hydrogens (primary N) is 1. The largest absolute Gasteiger partial charge is 0.376 e. The second-order valence-electron chi connectivity index (χ2n) is 3.47. The van der Waals surface area contributed by atoms with Crippen molar-refractivity contribution in [2.45, 2.75) is 38.6 Å². The maximum atomic E-state index is 5.38. The fourth-order valence-corrected chi connectivity index (χ4v) is 1.77. The fraction of sp³-hybridized carbons (Fsp3) is 0.875. The Morgan fingerprint density at radius 1 is 1.36 bits per heavy atom. The van der Waals surface area contributed by atoms with E-state index in [-0.39, 0.29) is 0 Å². The summed E-state index contributed by atoms with van der Waals surface area (Å²) in [4.78, 5) is 0. The zero-order chi connectivity index (χ0) is 8.27. The van der Waals surface area contributed by atoms with E-state index in [2.05, 4.69) is 12.2 Å². The van der Waals surface area contributed by atoms with E-state index < -0.39 is 0 Å². The zero-order valence-electron chi connectivity index (χ0n) is 6.97. The van der Waals surface area contributed by atoms with E-state index in [4.69, 9.17) is 18.0 Å². The van der Waals surface area contributed by atoms with Gasteiger partial charge in [0, 0.05) is 6.04 Å². The Kier molecular flexibility index (Phi) is 3.12. The predicted octanol–water partition coefficient (Wildman–Crippen LogP) is 1.40. The van der Waals surface area contributed by atoms with Gasteiger partial charge in [0.25, 0.3) is 0 Å². The first kappa shape index (κ1) is 8.78. The molecule has 64 valence electrons. The third kappa shape index (κ3) is 3.06. The number of thiocarbonyl (C=S) groups is 1. The summed E-state index contributed by atoms with van der Waals surface area (Å²) in [6.45, 7) is 2.30. The molecule has 0 radical (unpaired) electrons. The number of nitrogens with one attached hydrogen (secondary N) is 1. The molecule has 1 aliphatic rings. The van der Waals surface area contributed by atoms with Crippen molar-refractivity contribution in [2.75, 3.05) is 0 Å². The van der Waals surface area contributed by atoms with Crippen LogP contribution in [0.15, 0.2) is 0 Å². The molecule has 1 saturated carbocycles. The summed E-state index contributed by atoms with van der Waals surface area (Å²) in [5.74, 6) is 0.888. The molecule has 0 unspecified atom stereocenters. The molecule has 1 aliphatic carbocycles. The Bertz CT molecular complexity index is 139. The van der Waals surface area contributed by atoms with E-state index in [9.17, 15) is 0 Å². The first-order chi connectivity index (χ1) is 5.18. The van der Waals surface area contributed by atoms with Crippen molar-refractivity contribution >= 4 is 17.3 Å². The van der Waals surface area contributed by atoms with Crippen LogP contribution in [0.1, 0.15) is 32.6 Å². The molecule has 2 nitrogen and oxygen atoms in total. The van der Waals surface area contributed by atoms with Crippen LogP contribution in [0, 0.1) is 5.92 Å². The molecule has 0 aromatic carbocycles. The lowest BCUT2D eigenvalue weighted by atomic mass is 9.87. The van der Waals surface area contributed by atoms with Gasteiger partial charge in [-0.3, -0.25) is 0 Å². The molecule has 1 fully saturated rings. The van der Waals surface area contributed by atoms with Crippen molar-refractivity contribution in [1.82, 2.24) is 5.32 Å². The topological polar surface area (TPSA) is 38.0 Å². The van der Waals surface area contributed by atoms with Gasteiger partial charge >= 0.3 is 0 Å². The van der Waals surface area contributed by atoms with Crippen LogP contribution < -0.4 is 11.1 Å². The van der Waals surface area contributed by atoms with Gasteiger partial charge in [-0.2, -0.15) is 0 Å². The Labute approximate surface area is 73.5 Å². The first-order valence-electron chi connectivity index (χ1n) is 4.24. The quantitative estimate of drug-likeness (QED) is 0.587. The highest BCUT2D eigenvalue weighted by Gasteiger charge is 2.17. The average molecular weight is 172 g/mol. The molecule has 1 rings (SSSR count).